The Morgan fingerprint density at radius 2 is 2.50 bits per heavy atom. The van der Waals surface area contributed by atoms with Gasteiger partial charge in [-0.15, -0.1) is 6.58 Å². The van der Waals surface area contributed by atoms with Crippen LogP contribution in [0, 0.1) is 11.8 Å². The van der Waals surface area contributed by atoms with Crippen LogP contribution in [-0.2, 0) is 6.54 Å². The molecule has 4 heterocycles. The van der Waals surface area contributed by atoms with E-state index in [1.165, 1.54) is 25.9 Å². The predicted octanol–water partition coefficient (Wildman–Crippen LogP) is 2.27. The fourth-order valence-electron chi connectivity index (χ4n) is 3.43. The minimum Gasteiger partial charge on any atom is -0.468 e. The first-order chi connectivity index (χ1) is 8.86. The second kappa shape index (κ2) is 5.29. The molecule has 18 heavy (non-hydrogen) atoms. The summed E-state index contributed by atoms with van der Waals surface area (Å²) in [7, 11) is 0. The first-order valence-corrected chi connectivity index (χ1v) is 6.96. The van der Waals surface area contributed by atoms with Crippen molar-refractivity contribution in [3.8, 4) is 0 Å². The largest absolute Gasteiger partial charge is 0.468 e. The molecule has 0 aromatic carbocycles. The molecule has 1 unspecified atom stereocenters. The Morgan fingerprint density at radius 3 is 3.17 bits per heavy atom. The maximum absolute atomic E-state index is 5.33. The number of piperidine rings is 3. The molecule has 1 aromatic heterocycles. The minimum absolute atomic E-state index is 0.704. The van der Waals surface area contributed by atoms with Crippen LogP contribution >= 0.6 is 0 Å². The van der Waals surface area contributed by atoms with Gasteiger partial charge in [-0.25, -0.2) is 0 Å². The van der Waals surface area contributed by atoms with Crippen LogP contribution in [0.4, 0.5) is 0 Å². The van der Waals surface area contributed by atoms with E-state index in [2.05, 4.69) is 22.9 Å². The molecule has 1 aromatic rings. The van der Waals surface area contributed by atoms with E-state index in [9.17, 15) is 0 Å². The molecule has 0 amide bonds. The van der Waals surface area contributed by atoms with Crippen molar-refractivity contribution in [3.05, 3.63) is 36.8 Å². The minimum atomic E-state index is 0.704. The number of rotatable bonds is 5. The topological polar surface area (TPSA) is 28.4 Å². The molecular weight excluding hydrogens is 224 g/mol. The van der Waals surface area contributed by atoms with Gasteiger partial charge in [0.2, 0.25) is 0 Å². The molecule has 4 rings (SSSR count). The summed E-state index contributed by atoms with van der Waals surface area (Å²) >= 11 is 0. The predicted molar refractivity (Wildman–Crippen MR) is 72.2 cm³/mol. The third-order valence-electron chi connectivity index (χ3n) is 4.49. The molecule has 3 nitrogen and oxygen atoms in total. The van der Waals surface area contributed by atoms with Crippen molar-refractivity contribution in [1.82, 2.24) is 10.2 Å². The lowest BCUT2D eigenvalue weighted by Crippen LogP contribution is -2.55. The number of nitrogens with zero attached hydrogens (tertiary/aromatic N) is 1. The second-order valence-electron chi connectivity index (χ2n) is 5.54. The number of fused-ring (bicyclic) bond motifs is 3. The molecule has 3 aliphatic heterocycles. The Kier molecular flexibility index (Phi) is 3.52. The van der Waals surface area contributed by atoms with Crippen LogP contribution in [0.2, 0.25) is 0 Å². The van der Waals surface area contributed by atoms with Crippen molar-refractivity contribution >= 4 is 0 Å². The highest BCUT2D eigenvalue weighted by Gasteiger charge is 2.38. The van der Waals surface area contributed by atoms with Crippen molar-refractivity contribution in [1.29, 1.82) is 0 Å². The molecule has 0 radical (unpaired) electrons. The average molecular weight is 246 g/mol. The Bertz CT molecular complexity index is 387. The van der Waals surface area contributed by atoms with Gasteiger partial charge in [0.05, 0.1) is 12.8 Å². The monoisotopic (exact) mass is 246 g/mol. The molecule has 0 aliphatic carbocycles. The van der Waals surface area contributed by atoms with Crippen molar-refractivity contribution < 1.29 is 4.42 Å². The maximum Gasteiger partial charge on any atom is 0.117 e. The Morgan fingerprint density at radius 1 is 1.56 bits per heavy atom. The van der Waals surface area contributed by atoms with Crippen molar-refractivity contribution in [3.63, 3.8) is 0 Å². The molecule has 3 heteroatoms. The van der Waals surface area contributed by atoms with E-state index in [0.717, 1.165) is 30.7 Å². The van der Waals surface area contributed by atoms with Crippen LogP contribution in [0.25, 0.3) is 0 Å². The quantitative estimate of drug-likeness (QED) is 0.808. The third-order valence-corrected chi connectivity index (χ3v) is 4.49. The van der Waals surface area contributed by atoms with Crippen LogP contribution < -0.4 is 5.32 Å². The van der Waals surface area contributed by atoms with E-state index >= 15 is 0 Å². The maximum atomic E-state index is 5.33. The van der Waals surface area contributed by atoms with Crippen LogP contribution in [0.15, 0.2) is 35.5 Å². The summed E-state index contributed by atoms with van der Waals surface area (Å²) in [6.45, 7) is 8.36. The molecule has 3 fully saturated rings. The van der Waals surface area contributed by atoms with Gasteiger partial charge in [-0.3, -0.25) is 4.90 Å². The van der Waals surface area contributed by atoms with Gasteiger partial charge in [0.1, 0.15) is 5.76 Å². The van der Waals surface area contributed by atoms with Gasteiger partial charge in [0.15, 0.2) is 0 Å². The molecular formula is C15H22N2O. The van der Waals surface area contributed by atoms with Gasteiger partial charge in [0.25, 0.3) is 0 Å². The van der Waals surface area contributed by atoms with Crippen molar-refractivity contribution in [2.45, 2.75) is 25.4 Å². The summed E-state index contributed by atoms with van der Waals surface area (Å²) in [6.07, 6.45) is 6.56. The molecule has 4 atom stereocenters. The summed E-state index contributed by atoms with van der Waals surface area (Å²) in [6, 6.07) is 4.67. The number of furan rings is 1. The lowest BCUT2D eigenvalue weighted by atomic mass is 9.75. The molecule has 0 spiro atoms. The Balaban J connectivity index is 1.48. The zero-order valence-electron chi connectivity index (χ0n) is 10.8. The molecule has 3 saturated heterocycles. The van der Waals surface area contributed by atoms with Gasteiger partial charge in [-0.2, -0.15) is 0 Å². The SMILES string of the molecule is C=C[C@H]1CN2CC[C@H]1C[C@@H]2CNCc1ccco1. The van der Waals surface area contributed by atoms with Crippen LogP contribution in [0.3, 0.4) is 0 Å². The Labute approximate surface area is 109 Å². The third kappa shape index (κ3) is 2.38. The summed E-state index contributed by atoms with van der Waals surface area (Å²) in [4.78, 5) is 2.63. The zero-order chi connectivity index (χ0) is 12.4. The average Bonchev–Trinajstić information content (AvgIpc) is 2.92. The number of nitrogens with one attached hydrogen (secondary N) is 1. The van der Waals surface area contributed by atoms with Gasteiger partial charge < -0.3 is 9.73 Å². The smallest absolute Gasteiger partial charge is 0.117 e. The van der Waals surface area contributed by atoms with Crippen molar-refractivity contribution in [2.24, 2.45) is 11.8 Å². The molecule has 0 saturated carbocycles. The number of hydrogen-bond acceptors (Lipinski definition) is 3. The molecule has 98 valence electrons. The second-order valence-corrected chi connectivity index (χ2v) is 5.54. The fraction of sp³-hybridized carbons (Fsp3) is 0.600. The van der Waals surface area contributed by atoms with Crippen LogP contribution in [0.5, 0.6) is 0 Å². The summed E-state index contributed by atoms with van der Waals surface area (Å²) in [5.74, 6) is 2.61. The van der Waals surface area contributed by atoms with E-state index < -0.39 is 0 Å². The molecule has 3 aliphatic rings. The van der Waals surface area contributed by atoms with E-state index in [0.29, 0.717) is 6.04 Å². The standard InChI is InChI=1S/C15H22N2O/c1-2-12-11-17-6-5-13(12)8-14(17)9-16-10-15-4-3-7-18-15/h2-4,7,12-14,16H,1,5-6,8-11H2/t12-,13-,14+/m0/s1. The molecule has 1 N–H and O–H groups in total. The van der Waals surface area contributed by atoms with E-state index in [4.69, 9.17) is 4.42 Å². The highest BCUT2D eigenvalue weighted by Crippen LogP contribution is 2.36. The lowest BCUT2D eigenvalue weighted by Gasteiger charge is -2.49. The first kappa shape index (κ1) is 12.0. The summed E-state index contributed by atoms with van der Waals surface area (Å²) in [5, 5.41) is 3.51. The Hall–Kier alpha value is -1.06. The zero-order valence-corrected chi connectivity index (χ0v) is 10.8. The van der Waals surface area contributed by atoms with Crippen LogP contribution in [0.1, 0.15) is 18.6 Å². The number of hydrogen-bond donors (Lipinski definition) is 1. The van der Waals surface area contributed by atoms with E-state index in [1.54, 1.807) is 6.26 Å². The first-order valence-electron chi connectivity index (χ1n) is 6.96. The fourth-order valence-corrected chi connectivity index (χ4v) is 3.43. The van der Waals surface area contributed by atoms with Gasteiger partial charge in [-0.05, 0) is 43.4 Å². The summed E-state index contributed by atoms with van der Waals surface area (Å²) in [5.41, 5.74) is 0. The van der Waals surface area contributed by atoms with Crippen LogP contribution in [-0.4, -0.2) is 30.6 Å². The van der Waals surface area contributed by atoms with Gasteiger partial charge in [-0.1, -0.05) is 6.08 Å². The van der Waals surface area contributed by atoms with E-state index in [-0.39, 0.29) is 0 Å². The normalized spacial score (nSPS) is 34.7. The van der Waals surface area contributed by atoms with Crippen molar-refractivity contribution in [2.75, 3.05) is 19.6 Å². The highest BCUT2D eigenvalue weighted by atomic mass is 16.3. The highest BCUT2D eigenvalue weighted by molar-refractivity contribution is 5.00. The van der Waals surface area contributed by atoms with E-state index in [1.807, 2.05) is 12.1 Å². The van der Waals surface area contributed by atoms with Gasteiger partial charge >= 0.3 is 0 Å². The lowest BCUT2D eigenvalue weighted by molar-refractivity contribution is 0.0193. The molecule has 2 bridgehead atoms. The summed E-state index contributed by atoms with van der Waals surface area (Å²) < 4.78 is 5.33. The van der Waals surface area contributed by atoms with Gasteiger partial charge in [0, 0.05) is 19.1 Å².